The second-order valence-corrected chi connectivity index (χ2v) is 11.1. The van der Waals surface area contributed by atoms with Crippen LogP contribution in [0.4, 0.5) is 0 Å². The van der Waals surface area contributed by atoms with Gasteiger partial charge in [-0.15, -0.1) is 0 Å². The van der Waals surface area contributed by atoms with E-state index in [-0.39, 0.29) is 73.3 Å². The summed E-state index contributed by atoms with van der Waals surface area (Å²) in [6.45, 7) is -1.14. The Morgan fingerprint density at radius 2 is 0.944 bits per heavy atom. The van der Waals surface area contributed by atoms with Crippen LogP contribution in [0.2, 0.25) is 0 Å². The summed E-state index contributed by atoms with van der Waals surface area (Å²) in [5.41, 5.74) is 1.12. The Bertz CT molecular complexity index is 979. The van der Waals surface area contributed by atoms with Gasteiger partial charge in [0, 0.05) is 65.5 Å². The molecule has 2 aromatic carbocycles. The predicted molar refractivity (Wildman–Crippen MR) is 129 cm³/mol. The predicted octanol–water partition coefficient (Wildman–Crippen LogP) is 1.29. The van der Waals surface area contributed by atoms with E-state index in [1.165, 1.54) is 34.1 Å². The molecule has 0 unspecified atom stereocenters. The SMILES string of the molecule is C.O=P(O)(O)CN(CCN(Cc1cccc(CO)c1O)CP(=O)(O)O)Cc1cccc(CO)c1O.[Fe]. The molecule has 2 aromatic rings. The van der Waals surface area contributed by atoms with Crippen LogP contribution >= 0.6 is 15.2 Å². The molecule has 36 heavy (non-hydrogen) atoms. The zero-order valence-corrected chi connectivity index (χ0v) is 21.6. The maximum atomic E-state index is 11.7. The molecule has 0 amide bonds. The summed E-state index contributed by atoms with van der Waals surface area (Å²) in [6, 6.07) is 9.22. The molecule has 0 bridgehead atoms. The van der Waals surface area contributed by atoms with E-state index in [0.717, 1.165) is 0 Å². The number of benzene rings is 2. The molecular weight excluding hydrogens is 558 g/mol. The number of aromatic hydroxyl groups is 2. The van der Waals surface area contributed by atoms with Crippen molar-refractivity contribution in [3.8, 4) is 11.5 Å². The second-order valence-electron chi connectivity index (χ2n) is 7.88. The normalized spacial score (nSPS) is 11.9. The number of hydrogen-bond donors (Lipinski definition) is 8. The van der Waals surface area contributed by atoms with E-state index in [9.17, 15) is 49.1 Å². The van der Waals surface area contributed by atoms with Crippen molar-refractivity contribution in [1.29, 1.82) is 0 Å². The Kier molecular flexibility index (Phi) is 14.6. The molecule has 0 radical (unpaired) electrons. The van der Waals surface area contributed by atoms with Crippen molar-refractivity contribution in [2.45, 2.75) is 33.7 Å². The standard InChI is InChI=1S/C20H30N2O10P2.CH4.Fe/c23-11-17-5-1-3-15(19(17)25)9-21(13-33(27,28)29)7-8-22(14-34(30,31)32)10-16-4-2-6-18(12-24)20(16)26;;/h1-6,23-26H,7-14H2,(H2,27,28,29)(H2,30,31,32);1H4;. The van der Waals surface area contributed by atoms with Crippen LogP contribution < -0.4 is 0 Å². The Morgan fingerprint density at radius 3 is 1.22 bits per heavy atom. The fraction of sp³-hybridized carbons (Fsp3) is 0.429. The molecule has 8 N–H and O–H groups in total. The molecule has 0 heterocycles. The number of hydrogen-bond acceptors (Lipinski definition) is 8. The van der Waals surface area contributed by atoms with Crippen LogP contribution in [-0.2, 0) is 52.5 Å². The van der Waals surface area contributed by atoms with Crippen LogP contribution in [0.5, 0.6) is 11.5 Å². The molecule has 0 saturated carbocycles. The summed E-state index contributed by atoms with van der Waals surface area (Å²) in [4.78, 5) is 40.6. The summed E-state index contributed by atoms with van der Waals surface area (Å²) in [7, 11) is -9.05. The van der Waals surface area contributed by atoms with Gasteiger partial charge in [-0.1, -0.05) is 43.8 Å². The van der Waals surface area contributed by atoms with Gasteiger partial charge in [-0.2, -0.15) is 0 Å². The number of aliphatic hydroxyl groups excluding tert-OH is 2. The molecule has 0 aliphatic carbocycles. The summed E-state index contributed by atoms with van der Waals surface area (Å²) in [5.74, 6) is -0.419. The summed E-state index contributed by atoms with van der Waals surface area (Å²) in [5, 5.41) is 39.3. The van der Waals surface area contributed by atoms with E-state index in [2.05, 4.69) is 0 Å². The fourth-order valence-electron chi connectivity index (χ4n) is 3.48. The Labute approximate surface area is 220 Å². The van der Waals surface area contributed by atoms with Crippen molar-refractivity contribution in [2.24, 2.45) is 0 Å². The number of aliphatic hydroxyl groups is 2. The van der Waals surface area contributed by atoms with Crippen molar-refractivity contribution >= 4 is 15.2 Å². The quantitative estimate of drug-likeness (QED) is 0.123. The monoisotopic (exact) mass is 592 g/mol. The Morgan fingerprint density at radius 1 is 0.639 bits per heavy atom. The van der Waals surface area contributed by atoms with Gasteiger partial charge >= 0.3 is 15.2 Å². The van der Waals surface area contributed by atoms with E-state index in [1.54, 1.807) is 12.1 Å². The molecule has 0 aromatic heterocycles. The summed E-state index contributed by atoms with van der Waals surface area (Å²) < 4.78 is 23.4. The van der Waals surface area contributed by atoms with E-state index >= 15 is 0 Å². The largest absolute Gasteiger partial charge is 0.507 e. The first-order chi connectivity index (χ1) is 15.8. The average Bonchev–Trinajstić information content (AvgIpc) is 2.72. The number of nitrogens with zero attached hydrogens (tertiary/aromatic N) is 2. The van der Waals surface area contributed by atoms with Crippen molar-refractivity contribution in [3.05, 3.63) is 58.7 Å². The van der Waals surface area contributed by atoms with E-state index in [0.29, 0.717) is 11.1 Å². The topological polar surface area (TPSA) is 202 Å². The van der Waals surface area contributed by atoms with E-state index in [1.807, 2.05) is 0 Å². The molecule has 0 fully saturated rings. The molecule has 206 valence electrons. The first-order valence-electron chi connectivity index (χ1n) is 10.2. The van der Waals surface area contributed by atoms with Crippen LogP contribution in [0.1, 0.15) is 29.7 Å². The minimum Gasteiger partial charge on any atom is -0.507 e. The van der Waals surface area contributed by atoms with Crippen molar-refractivity contribution in [1.82, 2.24) is 9.80 Å². The van der Waals surface area contributed by atoms with Gasteiger partial charge in [0.05, 0.1) is 13.2 Å². The molecule has 0 spiro atoms. The van der Waals surface area contributed by atoms with E-state index < -0.39 is 41.0 Å². The van der Waals surface area contributed by atoms with Crippen LogP contribution in [-0.4, -0.2) is 75.5 Å². The third-order valence-corrected chi connectivity index (χ3v) is 6.57. The summed E-state index contributed by atoms with van der Waals surface area (Å²) >= 11 is 0. The molecule has 12 nitrogen and oxygen atoms in total. The van der Waals surface area contributed by atoms with Gasteiger partial charge < -0.3 is 40.0 Å². The average molecular weight is 592 g/mol. The van der Waals surface area contributed by atoms with Crippen molar-refractivity contribution < 1.29 is 66.2 Å². The van der Waals surface area contributed by atoms with Gasteiger partial charge in [0.1, 0.15) is 24.1 Å². The van der Waals surface area contributed by atoms with Gasteiger partial charge in [-0.05, 0) is 0 Å². The first kappa shape index (κ1) is 34.7. The van der Waals surface area contributed by atoms with Crippen molar-refractivity contribution in [3.63, 3.8) is 0 Å². The van der Waals surface area contributed by atoms with Gasteiger partial charge in [0.25, 0.3) is 0 Å². The number of rotatable bonds is 13. The number of phenols is 2. The molecule has 0 aliphatic rings. The molecule has 2 rings (SSSR count). The Balaban J connectivity index is 0.00000612. The molecule has 15 heteroatoms. The second kappa shape index (κ2) is 15.2. The minimum atomic E-state index is -4.52. The summed E-state index contributed by atoms with van der Waals surface area (Å²) in [6.07, 6.45) is -1.35. The Hall–Kier alpha value is -1.30. The van der Waals surface area contributed by atoms with Gasteiger partial charge in [-0.25, -0.2) is 0 Å². The third-order valence-electron chi connectivity index (χ3n) is 5.04. The maximum absolute atomic E-state index is 11.7. The zero-order valence-electron chi connectivity index (χ0n) is 18.7. The van der Waals surface area contributed by atoms with Crippen LogP contribution in [0.25, 0.3) is 0 Å². The van der Waals surface area contributed by atoms with Crippen molar-refractivity contribution in [2.75, 3.05) is 25.7 Å². The van der Waals surface area contributed by atoms with Gasteiger partial charge in [0.15, 0.2) is 0 Å². The molecular formula is C21H34FeN2O10P2. The maximum Gasteiger partial charge on any atom is 0.339 e. The zero-order chi connectivity index (χ0) is 25.5. The first-order valence-corrected chi connectivity index (χ1v) is 13.8. The van der Waals surface area contributed by atoms with E-state index in [4.69, 9.17) is 0 Å². The van der Waals surface area contributed by atoms with Gasteiger partial charge in [-0.3, -0.25) is 18.9 Å². The molecule has 0 atom stereocenters. The number of para-hydroxylation sites is 2. The minimum absolute atomic E-state index is 0. The van der Waals surface area contributed by atoms with Crippen LogP contribution in [0.3, 0.4) is 0 Å². The molecule has 0 aliphatic heterocycles. The third kappa shape index (κ3) is 11.4. The fourth-order valence-corrected chi connectivity index (χ4v) is 5.01. The smallest absolute Gasteiger partial charge is 0.339 e. The van der Waals surface area contributed by atoms with Crippen LogP contribution in [0, 0.1) is 0 Å². The van der Waals surface area contributed by atoms with Crippen LogP contribution in [0.15, 0.2) is 36.4 Å². The van der Waals surface area contributed by atoms with Gasteiger partial charge in [0.2, 0.25) is 0 Å². The molecule has 0 saturated heterocycles.